The van der Waals surface area contributed by atoms with Gasteiger partial charge in [0.05, 0.1) is 4.92 Å². The molecule has 106 valence electrons. The summed E-state index contributed by atoms with van der Waals surface area (Å²) in [5, 5.41) is 17.2. The van der Waals surface area contributed by atoms with Gasteiger partial charge in [-0.1, -0.05) is 6.07 Å². The van der Waals surface area contributed by atoms with Crippen molar-refractivity contribution in [3.63, 3.8) is 0 Å². The van der Waals surface area contributed by atoms with Crippen molar-refractivity contribution >= 4 is 27.9 Å². The molecule has 6 nitrogen and oxygen atoms in total. The second-order valence-corrected chi connectivity index (χ2v) is 5.75. The van der Waals surface area contributed by atoms with Crippen LogP contribution in [0.15, 0.2) is 18.2 Å². The van der Waals surface area contributed by atoms with Crippen molar-refractivity contribution < 1.29 is 9.13 Å². The molecule has 19 heavy (non-hydrogen) atoms. The van der Waals surface area contributed by atoms with Gasteiger partial charge in [0.15, 0.2) is 0 Å². The Bertz CT molecular complexity index is 479. The van der Waals surface area contributed by atoms with Gasteiger partial charge in [0, 0.05) is 35.4 Å². The molecule has 0 aliphatic rings. The van der Waals surface area contributed by atoms with Crippen LogP contribution < -0.4 is 10.6 Å². The molecule has 1 rings (SSSR count). The van der Waals surface area contributed by atoms with Crippen molar-refractivity contribution in [1.82, 2.24) is 0 Å². The Hall–Kier alpha value is -1.63. The lowest BCUT2D eigenvalue weighted by atomic mass is 10.2. The van der Waals surface area contributed by atoms with Crippen LogP contribution in [-0.2, 0) is 10.8 Å². The van der Waals surface area contributed by atoms with Gasteiger partial charge < -0.3 is 10.6 Å². The van der Waals surface area contributed by atoms with E-state index in [-0.39, 0.29) is 11.7 Å². The zero-order valence-corrected chi connectivity index (χ0v) is 12.1. The van der Waals surface area contributed by atoms with Crippen LogP contribution in [0.3, 0.4) is 0 Å². The zero-order valence-electron chi connectivity index (χ0n) is 11.3. The van der Waals surface area contributed by atoms with Crippen molar-refractivity contribution in [3.05, 3.63) is 28.3 Å². The van der Waals surface area contributed by atoms with Crippen LogP contribution in [0, 0.1) is 10.1 Å². The van der Waals surface area contributed by atoms with E-state index in [4.69, 9.17) is 0 Å². The summed E-state index contributed by atoms with van der Waals surface area (Å²) in [6, 6.07) is 4.99. The molecule has 0 heterocycles. The fraction of sp³-hybridized carbons (Fsp3) is 0.500. The van der Waals surface area contributed by atoms with Crippen LogP contribution in [0.25, 0.3) is 0 Å². The van der Waals surface area contributed by atoms with Gasteiger partial charge in [-0.25, -0.2) is 0 Å². The zero-order chi connectivity index (χ0) is 14.4. The largest absolute Gasteiger partial charge is 0.380 e. The summed E-state index contributed by atoms with van der Waals surface area (Å²) >= 11 is 0. The Morgan fingerprint density at radius 1 is 1.42 bits per heavy atom. The maximum atomic E-state index is 11.2. The van der Waals surface area contributed by atoms with Gasteiger partial charge in [0.1, 0.15) is 11.4 Å². The number of rotatable bonds is 7. The third kappa shape index (κ3) is 4.51. The van der Waals surface area contributed by atoms with E-state index >= 15 is 0 Å². The summed E-state index contributed by atoms with van der Waals surface area (Å²) in [5.41, 5.74) is 0.960. The minimum Gasteiger partial charge on any atom is -0.380 e. The van der Waals surface area contributed by atoms with Crippen LogP contribution >= 0.6 is 0 Å². The van der Waals surface area contributed by atoms with E-state index in [0.717, 1.165) is 0 Å². The number of nitro groups is 1. The lowest BCUT2D eigenvalue weighted by Gasteiger charge is -2.15. The van der Waals surface area contributed by atoms with Gasteiger partial charge in [0.2, 0.25) is 0 Å². The molecule has 0 fully saturated rings. The second kappa shape index (κ2) is 7.08. The Morgan fingerprint density at radius 2 is 2.05 bits per heavy atom. The lowest BCUT2D eigenvalue weighted by Crippen LogP contribution is -2.23. The minimum atomic E-state index is -0.943. The molecule has 2 unspecified atom stereocenters. The highest BCUT2D eigenvalue weighted by Gasteiger charge is 2.20. The van der Waals surface area contributed by atoms with E-state index in [2.05, 4.69) is 10.6 Å². The number of hydrogen-bond acceptors (Lipinski definition) is 5. The standard InChI is InChI=1S/C12H19N3O3S/c1-4-13-10-6-5-7-11(12(10)15(16)17)14-9(2)8-19(3)18/h5-7,9,13-14H,4,8H2,1-3H3. The number of para-hydroxylation sites is 1. The molecule has 0 saturated heterocycles. The molecule has 0 aliphatic carbocycles. The molecule has 7 heteroatoms. The topological polar surface area (TPSA) is 84.3 Å². The first-order valence-electron chi connectivity index (χ1n) is 6.03. The van der Waals surface area contributed by atoms with E-state index in [1.54, 1.807) is 24.5 Å². The number of anilines is 2. The predicted octanol–water partition coefficient (Wildman–Crippen LogP) is 2.21. The number of nitrogens with one attached hydrogen (secondary N) is 2. The molecule has 0 amide bonds. The first kappa shape index (κ1) is 15.4. The van der Waals surface area contributed by atoms with Gasteiger partial charge in [-0.3, -0.25) is 14.3 Å². The average molecular weight is 285 g/mol. The first-order valence-corrected chi connectivity index (χ1v) is 7.76. The molecular formula is C12H19N3O3S. The molecule has 2 N–H and O–H groups in total. The van der Waals surface area contributed by atoms with Crippen molar-refractivity contribution in [3.8, 4) is 0 Å². The highest BCUT2D eigenvalue weighted by Crippen LogP contribution is 2.33. The molecular weight excluding hydrogens is 266 g/mol. The average Bonchev–Trinajstić information content (AvgIpc) is 2.27. The van der Waals surface area contributed by atoms with E-state index in [1.807, 2.05) is 13.8 Å². The lowest BCUT2D eigenvalue weighted by molar-refractivity contribution is -0.383. The van der Waals surface area contributed by atoms with E-state index in [1.165, 1.54) is 0 Å². The molecule has 1 aromatic carbocycles. The summed E-state index contributed by atoms with van der Waals surface area (Å²) < 4.78 is 11.2. The summed E-state index contributed by atoms with van der Waals surface area (Å²) in [4.78, 5) is 10.8. The van der Waals surface area contributed by atoms with Crippen molar-refractivity contribution in [2.24, 2.45) is 0 Å². The van der Waals surface area contributed by atoms with Crippen LogP contribution in [0.1, 0.15) is 13.8 Å². The van der Waals surface area contributed by atoms with Crippen LogP contribution in [0.4, 0.5) is 17.1 Å². The third-order valence-corrected chi connectivity index (χ3v) is 3.44. The first-order chi connectivity index (χ1) is 8.95. The maximum Gasteiger partial charge on any atom is 0.315 e. The number of hydrogen-bond donors (Lipinski definition) is 2. The molecule has 0 radical (unpaired) electrons. The van der Waals surface area contributed by atoms with Gasteiger partial charge in [-0.05, 0) is 26.0 Å². The fourth-order valence-electron chi connectivity index (χ4n) is 1.85. The summed E-state index contributed by atoms with van der Waals surface area (Å²) in [6.45, 7) is 4.34. The molecule has 1 aromatic rings. The fourth-order valence-corrected chi connectivity index (χ4v) is 2.64. The molecule has 0 aliphatic heterocycles. The Labute approximate surface area is 115 Å². The quantitative estimate of drug-likeness (QED) is 0.592. The molecule has 2 atom stereocenters. The van der Waals surface area contributed by atoms with Gasteiger partial charge in [-0.2, -0.15) is 0 Å². The summed E-state index contributed by atoms with van der Waals surface area (Å²) in [5.74, 6) is 0.447. The van der Waals surface area contributed by atoms with Crippen molar-refractivity contribution in [2.45, 2.75) is 19.9 Å². The van der Waals surface area contributed by atoms with Crippen molar-refractivity contribution in [2.75, 3.05) is 29.2 Å². The Morgan fingerprint density at radius 3 is 2.58 bits per heavy atom. The third-order valence-electron chi connectivity index (χ3n) is 2.47. The number of benzene rings is 1. The highest BCUT2D eigenvalue weighted by molar-refractivity contribution is 7.84. The minimum absolute atomic E-state index is 0.0260. The van der Waals surface area contributed by atoms with E-state index in [9.17, 15) is 14.3 Å². The Balaban J connectivity index is 3.02. The summed E-state index contributed by atoms with van der Waals surface area (Å²) in [7, 11) is -0.943. The van der Waals surface area contributed by atoms with Gasteiger partial charge >= 0.3 is 5.69 Å². The number of nitro benzene ring substituents is 1. The Kier molecular flexibility index (Phi) is 5.75. The number of nitrogens with zero attached hydrogens (tertiary/aromatic N) is 1. The van der Waals surface area contributed by atoms with E-state index < -0.39 is 15.7 Å². The molecule has 0 saturated carbocycles. The van der Waals surface area contributed by atoms with Crippen LogP contribution in [0.2, 0.25) is 0 Å². The molecule has 0 aromatic heterocycles. The van der Waals surface area contributed by atoms with Crippen molar-refractivity contribution in [1.29, 1.82) is 0 Å². The van der Waals surface area contributed by atoms with E-state index in [0.29, 0.717) is 23.7 Å². The summed E-state index contributed by atoms with van der Waals surface area (Å²) in [6.07, 6.45) is 1.61. The van der Waals surface area contributed by atoms with Gasteiger partial charge in [0.25, 0.3) is 0 Å². The smallest absolute Gasteiger partial charge is 0.315 e. The SMILES string of the molecule is CCNc1cccc(NC(C)CS(C)=O)c1[N+](=O)[O-]. The monoisotopic (exact) mass is 285 g/mol. The van der Waals surface area contributed by atoms with Gasteiger partial charge in [-0.15, -0.1) is 0 Å². The highest BCUT2D eigenvalue weighted by atomic mass is 32.2. The normalized spacial score (nSPS) is 13.6. The molecule has 0 spiro atoms. The predicted molar refractivity (Wildman–Crippen MR) is 79.3 cm³/mol. The second-order valence-electron chi connectivity index (χ2n) is 4.27. The maximum absolute atomic E-state index is 11.2. The van der Waals surface area contributed by atoms with Crippen LogP contribution in [0.5, 0.6) is 0 Å². The van der Waals surface area contributed by atoms with Crippen LogP contribution in [-0.4, -0.2) is 33.7 Å². The molecule has 0 bridgehead atoms.